The van der Waals surface area contributed by atoms with Gasteiger partial charge in [-0.25, -0.2) is 0 Å². The summed E-state index contributed by atoms with van der Waals surface area (Å²) in [6.07, 6.45) is 5.54. The first kappa shape index (κ1) is 14.6. The van der Waals surface area contributed by atoms with Gasteiger partial charge in [-0.05, 0) is 19.1 Å². The van der Waals surface area contributed by atoms with E-state index in [1.807, 2.05) is 11.8 Å². The predicted octanol–water partition coefficient (Wildman–Crippen LogP) is 1.50. The predicted molar refractivity (Wildman–Crippen MR) is 74.0 cm³/mol. The summed E-state index contributed by atoms with van der Waals surface area (Å²) in [5.41, 5.74) is 7.80. The molecule has 1 aliphatic heterocycles. The van der Waals surface area contributed by atoms with Crippen LogP contribution in [0.25, 0.3) is 0 Å². The minimum Gasteiger partial charge on any atom is -0.399 e. The SMILES string of the molecule is C=C/C=C(N)\C=C1/CC(C#N)=C(NC(C)=O)N1CC. The van der Waals surface area contributed by atoms with Crippen LogP contribution in [0, 0.1) is 11.3 Å². The molecule has 19 heavy (non-hydrogen) atoms. The van der Waals surface area contributed by atoms with Crippen molar-refractivity contribution in [2.75, 3.05) is 6.54 Å². The number of allylic oxidation sites excluding steroid dienone is 4. The molecular weight excluding hydrogens is 240 g/mol. The molecule has 100 valence electrons. The second-order valence-corrected chi connectivity index (χ2v) is 4.08. The summed E-state index contributed by atoms with van der Waals surface area (Å²) in [5.74, 6) is 0.354. The molecule has 5 nitrogen and oxygen atoms in total. The molecule has 0 bridgehead atoms. The van der Waals surface area contributed by atoms with Gasteiger partial charge in [-0.1, -0.05) is 12.7 Å². The Morgan fingerprint density at radius 3 is 2.84 bits per heavy atom. The highest BCUT2D eigenvalue weighted by atomic mass is 16.1. The number of nitrogens with one attached hydrogen (secondary N) is 1. The Bertz CT molecular complexity index is 520. The number of nitrogens with two attached hydrogens (primary N) is 1. The molecule has 0 radical (unpaired) electrons. The summed E-state index contributed by atoms with van der Waals surface area (Å²) in [7, 11) is 0. The van der Waals surface area contributed by atoms with Crippen LogP contribution in [0.15, 0.2) is 47.6 Å². The van der Waals surface area contributed by atoms with E-state index in [-0.39, 0.29) is 5.91 Å². The Hall–Kier alpha value is -2.48. The van der Waals surface area contributed by atoms with Crippen LogP contribution in [0.4, 0.5) is 0 Å². The fraction of sp³-hybridized carbons (Fsp3) is 0.286. The maximum atomic E-state index is 11.2. The molecule has 5 heteroatoms. The molecule has 0 aromatic rings. The molecule has 1 heterocycles. The van der Waals surface area contributed by atoms with E-state index in [9.17, 15) is 4.79 Å². The molecule has 0 aromatic carbocycles. The standard InChI is InChI=1S/C14H18N4O/c1-4-6-12(16)8-13-7-11(9-15)14(17-10(3)19)18(13)5-2/h4,6,8H,1,5,7,16H2,2-3H3,(H,17,19)/b12-6+,13-8+. The molecule has 1 amide bonds. The highest BCUT2D eigenvalue weighted by Crippen LogP contribution is 2.29. The number of hydrogen-bond acceptors (Lipinski definition) is 4. The molecule has 3 N–H and O–H groups in total. The lowest BCUT2D eigenvalue weighted by atomic mass is 10.2. The van der Waals surface area contributed by atoms with Crippen molar-refractivity contribution in [2.45, 2.75) is 20.3 Å². The first-order chi connectivity index (χ1) is 9.03. The van der Waals surface area contributed by atoms with Crippen molar-refractivity contribution in [1.29, 1.82) is 5.26 Å². The van der Waals surface area contributed by atoms with E-state index in [1.165, 1.54) is 6.92 Å². The van der Waals surface area contributed by atoms with Gasteiger partial charge in [-0.2, -0.15) is 5.26 Å². The maximum absolute atomic E-state index is 11.2. The third-order valence-corrected chi connectivity index (χ3v) is 2.65. The second kappa shape index (κ2) is 6.45. The van der Waals surface area contributed by atoms with E-state index in [4.69, 9.17) is 11.0 Å². The monoisotopic (exact) mass is 258 g/mol. The summed E-state index contributed by atoms with van der Waals surface area (Å²) in [5, 5.41) is 11.8. The zero-order valence-corrected chi connectivity index (χ0v) is 11.2. The molecule has 0 saturated carbocycles. The normalized spacial score (nSPS) is 17.6. The molecule has 0 fully saturated rings. The smallest absolute Gasteiger partial charge is 0.222 e. The fourth-order valence-corrected chi connectivity index (χ4v) is 1.94. The minimum atomic E-state index is -0.197. The Morgan fingerprint density at radius 2 is 2.37 bits per heavy atom. The van der Waals surface area contributed by atoms with Gasteiger partial charge in [0.05, 0.1) is 11.6 Å². The number of rotatable bonds is 4. The van der Waals surface area contributed by atoms with Crippen molar-refractivity contribution < 1.29 is 4.79 Å². The largest absolute Gasteiger partial charge is 0.399 e. The zero-order chi connectivity index (χ0) is 14.4. The van der Waals surface area contributed by atoms with Crippen LogP contribution in [0.1, 0.15) is 20.3 Å². The van der Waals surface area contributed by atoms with Gasteiger partial charge >= 0.3 is 0 Å². The number of carbonyl (C=O) groups excluding carboxylic acids is 1. The van der Waals surface area contributed by atoms with Crippen LogP contribution in [-0.2, 0) is 4.79 Å². The van der Waals surface area contributed by atoms with Crippen molar-refractivity contribution in [1.82, 2.24) is 10.2 Å². The van der Waals surface area contributed by atoms with Gasteiger partial charge in [0, 0.05) is 31.3 Å². The average molecular weight is 258 g/mol. The molecule has 0 aromatic heterocycles. The molecule has 0 spiro atoms. The lowest BCUT2D eigenvalue weighted by molar-refractivity contribution is -0.118. The van der Waals surface area contributed by atoms with Gasteiger partial charge in [-0.3, -0.25) is 4.79 Å². The summed E-state index contributed by atoms with van der Waals surface area (Å²) in [6, 6.07) is 2.12. The molecule has 0 atom stereocenters. The van der Waals surface area contributed by atoms with Gasteiger partial charge < -0.3 is 16.0 Å². The fourth-order valence-electron chi connectivity index (χ4n) is 1.94. The van der Waals surface area contributed by atoms with Crippen LogP contribution in [0.3, 0.4) is 0 Å². The van der Waals surface area contributed by atoms with E-state index in [2.05, 4.69) is 18.0 Å². The second-order valence-electron chi connectivity index (χ2n) is 4.08. The highest BCUT2D eigenvalue weighted by Gasteiger charge is 2.26. The van der Waals surface area contributed by atoms with Crippen molar-refractivity contribution in [3.8, 4) is 6.07 Å². The Balaban J connectivity index is 3.11. The molecule has 0 saturated heterocycles. The summed E-state index contributed by atoms with van der Waals surface area (Å²) < 4.78 is 0. The number of amides is 1. The summed E-state index contributed by atoms with van der Waals surface area (Å²) in [4.78, 5) is 13.1. The maximum Gasteiger partial charge on any atom is 0.222 e. The zero-order valence-electron chi connectivity index (χ0n) is 11.2. The van der Waals surface area contributed by atoms with Crippen LogP contribution < -0.4 is 11.1 Å². The van der Waals surface area contributed by atoms with Gasteiger partial charge in [0.1, 0.15) is 5.82 Å². The average Bonchev–Trinajstić information content (AvgIpc) is 2.65. The van der Waals surface area contributed by atoms with E-state index < -0.39 is 0 Å². The van der Waals surface area contributed by atoms with Gasteiger partial charge in [0.15, 0.2) is 0 Å². The molecule has 1 rings (SSSR count). The summed E-state index contributed by atoms with van der Waals surface area (Å²) >= 11 is 0. The van der Waals surface area contributed by atoms with Gasteiger partial charge in [0.2, 0.25) is 5.91 Å². The Morgan fingerprint density at radius 1 is 1.68 bits per heavy atom. The van der Waals surface area contributed by atoms with E-state index in [0.29, 0.717) is 30.1 Å². The number of nitrogens with zero attached hydrogens (tertiary/aromatic N) is 2. The first-order valence-corrected chi connectivity index (χ1v) is 6.00. The first-order valence-electron chi connectivity index (χ1n) is 6.00. The van der Waals surface area contributed by atoms with Crippen LogP contribution in [0.5, 0.6) is 0 Å². The third kappa shape index (κ3) is 3.49. The number of carbonyl (C=O) groups is 1. The van der Waals surface area contributed by atoms with Gasteiger partial charge in [-0.15, -0.1) is 0 Å². The Kier molecular flexibility index (Phi) is 4.95. The minimum absolute atomic E-state index is 0.197. The molecular formula is C14H18N4O. The van der Waals surface area contributed by atoms with Crippen molar-refractivity contribution >= 4 is 5.91 Å². The Labute approximate surface area is 113 Å². The van der Waals surface area contributed by atoms with Crippen LogP contribution in [-0.4, -0.2) is 17.4 Å². The number of nitriles is 1. The van der Waals surface area contributed by atoms with Crippen molar-refractivity contribution in [3.63, 3.8) is 0 Å². The van der Waals surface area contributed by atoms with Crippen LogP contribution in [0.2, 0.25) is 0 Å². The van der Waals surface area contributed by atoms with E-state index in [1.54, 1.807) is 18.2 Å². The van der Waals surface area contributed by atoms with Crippen LogP contribution >= 0.6 is 0 Å². The molecule has 0 unspecified atom stereocenters. The van der Waals surface area contributed by atoms with Crippen molar-refractivity contribution in [2.24, 2.45) is 5.73 Å². The third-order valence-electron chi connectivity index (χ3n) is 2.65. The molecule has 1 aliphatic rings. The van der Waals surface area contributed by atoms with E-state index >= 15 is 0 Å². The molecule has 0 aliphatic carbocycles. The topological polar surface area (TPSA) is 82.1 Å². The quantitative estimate of drug-likeness (QED) is 0.749. The van der Waals surface area contributed by atoms with Gasteiger partial charge in [0.25, 0.3) is 0 Å². The summed E-state index contributed by atoms with van der Waals surface area (Å²) in [6.45, 7) is 7.60. The lowest BCUT2D eigenvalue weighted by Gasteiger charge is -2.22. The van der Waals surface area contributed by atoms with Crippen molar-refractivity contribution in [3.05, 3.63) is 47.6 Å². The highest BCUT2D eigenvalue weighted by molar-refractivity contribution is 5.75. The lowest BCUT2D eigenvalue weighted by Crippen LogP contribution is -2.31. The van der Waals surface area contributed by atoms with E-state index in [0.717, 1.165) is 5.70 Å². The number of hydrogen-bond donors (Lipinski definition) is 2.